The number of amides is 2. The molecule has 0 saturated carbocycles. The molecule has 0 aliphatic carbocycles. The maximum atomic E-state index is 13.0. The number of aryl methyl sites for hydroxylation is 1. The number of carbonyl (C=O) groups is 2. The maximum absolute atomic E-state index is 13.0. The smallest absolute Gasteiger partial charge is 0.243 e. The molecular formula is C22H29Cl2N5O2. The predicted molar refractivity (Wildman–Crippen MR) is 125 cm³/mol. The number of carbonyl (C=O) groups excluding carboxylic acids is 2. The summed E-state index contributed by atoms with van der Waals surface area (Å²) in [6, 6.07) is 6.94. The number of benzene rings is 1. The number of pyridine rings is 1. The lowest BCUT2D eigenvalue weighted by atomic mass is 9.86. The van der Waals surface area contributed by atoms with Crippen molar-refractivity contribution in [1.29, 1.82) is 0 Å². The van der Waals surface area contributed by atoms with Gasteiger partial charge in [0, 0.05) is 18.7 Å². The van der Waals surface area contributed by atoms with Gasteiger partial charge in [-0.25, -0.2) is 4.98 Å². The van der Waals surface area contributed by atoms with Gasteiger partial charge in [-0.05, 0) is 41.7 Å². The van der Waals surface area contributed by atoms with Crippen LogP contribution < -0.4 is 22.1 Å². The van der Waals surface area contributed by atoms with Crippen LogP contribution in [-0.4, -0.2) is 28.9 Å². The van der Waals surface area contributed by atoms with Crippen LogP contribution in [0.25, 0.3) is 0 Å². The highest BCUT2D eigenvalue weighted by atomic mass is 35.5. The number of nitrogens with zero attached hydrogens (tertiary/aromatic N) is 1. The van der Waals surface area contributed by atoms with Gasteiger partial charge in [0.15, 0.2) is 0 Å². The van der Waals surface area contributed by atoms with Crippen molar-refractivity contribution in [3.63, 3.8) is 0 Å². The third-order valence-corrected chi connectivity index (χ3v) is 5.68. The Morgan fingerprint density at radius 3 is 2.35 bits per heavy atom. The molecule has 0 radical (unpaired) electrons. The largest absolute Gasteiger partial charge is 0.384 e. The Kier molecular flexibility index (Phi) is 8.28. The number of rotatable bonds is 7. The molecule has 0 saturated heterocycles. The van der Waals surface area contributed by atoms with E-state index in [4.69, 9.17) is 34.7 Å². The summed E-state index contributed by atoms with van der Waals surface area (Å²) in [5.74, 6) is -0.344. The Morgan fingerprint density at radius 1 is 1.10 bits per heavy atom. The Morgan fingerprint density at radius 2 is 1.77 bits per heavy atom. The molecule has 1 aromatic carbocycles. The standard InChI is InChI=1S/C22H29Cl2N5O2/c1-12-14(6-8-18(25)28-12)11-27-20(30)17(29-21(31)19(26)22(2,3)4)10-13-5-7-15(23)16(24)9-13/h5-9,17,19H,10-11,26H2,1-4H3,(H2,25,28)(H,27,30)(H,29,31)/t17-,19-/m0/s1. The molecule has 0 aliphatic heterocycles. The summed E-state index contributed by atoms with van der Waals surface area (Å²) in [6.07, 6.45) is 0.226. The van der Waals surface area contributed by atoms with E-state index in [1.54, 1.807) is 30.3 Å². The molecule has 0 aliphatic rings. The molecule has 0 spiro atoms. The van der Waals surface area contributed by atoms with Gasteiger partial charge in [0.2, 0.25) is 11.8 Å². The van der Waals surface area contributed by atoms with Crippen LogP contribution in [0.1, 0.15) is 37.6 Å². The van der Waals surface area contributed by atoms with Crippen molar-refractivity contribution < 1.29 is 9.59 Å². The van der Waals surface area contributed by atoms with Crippen LogP contribution in [0.3, 0.4) is 0 Å². The van der Waals surface area contributed by atoms with Crippen LogP contribution in [0.2, 0.25) is 10.0 Å². The molecule has 168 valence electrons. The molecule has 2 aromatic rings. The van der Waals surface area contributed by atoms with E-state index in [0.29, 0.717) is 15.9 Å². The van der Waals surface area contributed by atoms with E-state index in [1.165, 1.54) is 0 Å². The predicted octanol–water partition coefficient (Wildman–Crippen LogP) is 3.00. The number of halogens is 2. The number of hydrogen-bond acceptors (Lipinski definition) is 5. The van der Waals surface area contributed by atoms with Gasteiger partial charge in [-0.2, -0.15) is 0 Å². The number of nitrogen functional groups attached to an aromatic ring is 1. The average molecular weight is 466 g/mol. The summed E-state index contributed by atoms with van der Waals surface area (Å²) >= 11 is 12.1. The van der Waals surface area contributed by atoms with Crippen LogP contribution in [0, 0.1) is 12.3 Å². The van der Waals surface area contributed by atoms with Crippen LogP contribution in [0.5, 0.6) is 0 Å². The van der Waals surface area contributed by atoms with Gasteiger partial charge >= 0.3 is 0 Å². The lowest BCUT2D eigenvalue weighted by molar-refractivity contribution is -0.130. The molecule has 2 rings (SSSR count). The van der Waals surface area contributed by atoms with Crippen molar-refractivity contribution in [2.45, 2.75) is 52.7 Å². The number of nitrogens with two attached hydrogens (primary N) is 2. The maximum Gasteiger partial charge on any atom is 0.243 e. The highest BCUT2D eigenvalue weighted by Crippen LogP contribution is 2.23. The first-order valence-electron chi connectivity index (χ1n) is 9.88. The molecule has 1 heterocycles. The molecule has 1 aromatic heterocycles. The molecule has 2 amide bonds. The molecule has 0 fully saturated rings. The van der Waals surface area contributed by atoms with E-state index in [1.807, 2.05) is 27.7 Å². The first-order valence-corrected chi connectivity index (χ1v) is 10.6. The second kappa shape index (κ2) is 10.3. The van der Waals surface area contributed by atoms with Gasteiger partial charge in [-0.3, -0.25) is 9.59 Å². The minimum atomic E-state index is -0.847. The molecule has 7 nitrogen and oxygen atoms in total. The molecule has 2 atom stereocenters. The molecule has 0 unspecified atom stereocenters. The molecule has 0 bridgehead atoms. The Balaban J connectivity index is 2.19. The van der Waals surface area contributed by atoms with Crippen LogP contribution in [-0.2, 0) is 22.6 Å². The van der Waals surface area contributed by atoms with Gasteiger partial charge in [-0.15, -0.1) is 0 Å². The molecule has 6 N–H and O–H groups in total. The number of hydrogen-bond donors (Lipinski definition) is 4. The fraction of sp³-hybridized carbons (Fsp3) is 0.409. The third kappa shape index (κ3) is 7.09. The highest BCUT2D eigenvalue weighted by Gasteiger charge is 2.31. The van der Waals surface area contributed by atoms with E-state index in [9.17, 15) is 9.59 Å². The lowest BCUT2D eigenvalue weighted by Gasteiger charge is -2.28. The normalized spacial score (nSPS) is 13.4. The third-order valence-electron chi connectivity index (χ3n) is 4.94. The zero-order chi connectivity index (χ0) is 23.3. The monoisotopic (exact) mass is 465 g/mol. The van der Waals surface area contributed by atoms with Crippen LogP contribution >= 0.6 is 23.2 Å². The quantitative estimate of drug-likeness (QED) is 0.500. The number of aromatic nitrogens is 1. The van der Waals surface area contributed by atoms with Crippen molar-refractivity contribution in [2.24, 2.45) is 11.1 Å². The van der Waals surface area contributed by atoms with Crippen molar-refractivity contribution >= 4 is 40.8 Å². The van der Waals surface area contributed by atoms with Gasteiger partial charge in [0.05, 0.1) is 16.1 Å². The first-order chi connectivity index (χ1) is 14.4. The summed E-state index contributed by atoms with van der Waals surface area (Å²) in [6.45, 7) is 7.65. The van der Waals surface area contributed by atoms with Gasteiger partial charge in [0.25, 0.3) is 0 Å². The van der Waals surface area contributed by atoms with E-state index >= 15 is 0 Å². The van der Waals surface area contributed by atoms with E-state index < -0.39 is 23.4 Å². The minimum absolute atomic E-state index is 0.226. The van der Waals surface area contributed by atoms with E-state index in [2.05, 4.69) is 15.6 Å². The summed E-state index contributed by atoms with van der Waals surface area (Å²) in [4.78, 5) is 29.9. The fourth-order valence-corrected chi connectivity index (χ4v) is 3.19. The summed E-state index contributed by atoms with van der Waals surface area (Å²) < 4.78 is 0. The van der Waals surface area contributed by atoms with Gasteiger partial charge in [0.1, 0.15) is 11.9 Å². The second-order valence-corrected chi connectivity index (χ2v) is 9.37. The van der Waals surface area contributed by atoms with Crippen LogP contribution in [0.15, 0.2) is 30.3 Å². The average Bonchev–Trinajstić information content (AvgIpc) is 2.68. The Bertz CT molecular complexity index is 959. The number of anilines is 1. The van der Waals surface area contributed by atoms with Gasteiger partial charge in [-0.1, -0.05) is 56.1 Å². The van der Waals surface area contributed by atoms with Crippen molar-refractivity contribution in [2.75, 3.05) is 5.73 Å². The fourth-order valence-electron chi connectivity index (χ4n) is 2.87. The SMILES string of the molecule is Cc1nc(N)ccc1CNC(=O)[C@H](Cc1ccc(Cl)c(Cl)c1)NC(=O)[C@H](N)C(C)(C)C. The topological polar surface area (TPSA) is 123 Å². The summed E-state index contributed by atoms with van der Waals surface area (Å²) in [5.41, 5.74) is 13.6. The Hall–Kier alpha value is -2.35. The van der Waals surface area contributed by atoms with Gasteiger partial charge < -0.3 is 22.1 Å². The zero-order valence-corrected chi connectivity index (χ0v) is 19.6. The zero-order valence-electron chi connectivity index (χ0n) is 18.1. The number of nitrogens with one attached hydrogen (secondary N) is 2. The van der Waals surface area contributed by atoms with Crippen molar-refractivity contribution in [3.8, 4) is 0 Å². The molecule has 9 heteroatoms. The Labute approximate surface area is 192 Å². The first kappa shape index (κ1) is 24.9. The van der Waals surface area contributed by atoms with Crippen LogP contribution in [0.4, 0.5) is 5.82 Å². The second-order valence-electron chi connectivity index (χ2n) is 8.56. The molecular weight excluding hydrogens is 437 g/mol. The molecule has 31 heavy (non-hydrogen) atoms. The van der Waals surface area contributed by atoms with Crippen molar-refractivity contribution in [3.05, 3.63) is 57.2 Å². The lowest BCUT2D eigenvalue weighted by Crippen LogP contribution is -2.55. The van der Waals surface area contributed by atoms with Crippen molar-refractivity contribution in [1.82, 2.24) is 15.6 Å². The minimum Gasteiger partial charge on any atom is -0.384 e. The highest BCUT2D eigenvalue weighted by molar-refractivity contribution is 6.42. The van der Waals surface area contributed by atoms with E-state index in [-0.39, 0.29) is 18.9 Å². The van der Waals surface area contributed by atoms with E-state index in [0.717, 1.165) is 16.8 Å². The summed E-state index contributed by atoms with van der Waals surface area (Å²) in [7, 11) is 0. The summed E-state index contributed by atoms with van der Waals surface area (Å²) in [5, 5.41) is 6.42.